The van der Waals surface area contributed by atoms with Crippen molar-refractivity contribution in [2.24, 2.45) is 22.7 Å². The van der Waals surface area contributed by atoms with Crippen LogP contribution in [0.4, 0.5) is 0 Å². The average molecular weight is 571 g/mol. The molecule has 0 aromatic carbocycles. The van der Waals surface area contributed by atoms with Gasteiger partial charge >= 0.3 is 5.63 Å². The van der Waals surface area contributed by atoms with Crippen molar-refractivity contribution < 1.29 is 38.0 Å². The molecule has 1 aromatic rings. The first-order valence-electron chi connectivity index (χ1n) is 15.3. The van der Waals surface area contributed by atoms with E-state index in [-0.39, 0.29) is 40.2 Å². The highest BCUT2D eigenvalue weighted by atomic mass is 16.9. The normalized spacial score (nSPS) is 49.0. The Hall–Kier alpha value is -1.88. The summed E-state index contributed by atoms with van der Waals surface area (Å²) in [5.74, 6) is 0.650. The standard InChI is InChI=1S/C32H42O9/c1-17-25(34)26-27(41-29(36-4)40-26)28(38-17)39-20-9-12-30(2)19(15-20)6-7-23-22(30)10-13-31(3)21(11-14-32(23,31)35)18-5-8-24(33)37-16-18/h5,8,15-17,20-23,26-29,35H,6-7,9-14H2,1-4H3/t17-,20-,21+,22?,23?,26+,27+,28-,29?,30-,31+,32-/m0/s1. The molecule has 0 bridgehead atoms. The van der Waals surface area contributed by atoms with E-state index < -0.39 is 36.7 Å². The number of fused-ring (bicyclic) bond motifs is 6. The highest BCUT2D eigenvalue weighted by molar-refractivity contribution is 5.88. The van der Waals surface area contributed by atoms with Gasteiger partial charge in [0.2, 0.25) is 0 Å². The van der Waals surface area contributed by atoms with E-state index in [1.165, 1.54) is 18.7 Å². The number of rotatable bonds is 4. The molecule has 2 saturated heterocycles. The van der Waals surface area contributed by atoms with Crippen LogP contribution in [-0.4, -0.2) is 60.8 Å². The number of carbonyl (C=O) groups is 1. The summed E-state index contributed by atoms with van der Waals surface area (Å²) in [6.07, 6.45) is 8.33. The van der Waals surface area contributed by atoms with E-state index >= 15 is 0 Å². The molecule has 2 aliphatic heterocycles. The quantitative estimate of drug-likeness (QED) is 0.532. The van der Waals surface area contributed by atoms with Gasteiger partial charge in [0.25, 0.3) is 6.48 Å². The van der Waals surface area contributed by atoms with Crippen LogP contribution in [0.5, 0.6) is 0 Å². The highest BCUT2D eigenvalue weighted by Gasteiger charge is 2.66. The summed E-state index contributed by atoms with van der Waals surface area (Å²) >= 11 is 0. The molecule has 12 atom stereocenters. The molecule has 0 spiro atoms. The van der Waals surface area contributed by atoms with Crippen LogP contribution in [0.1, 0.15) is 83.6 Å². The molecule has 0 amide bonds. The Morgan fingerprint density at radius 1 is 0.976 bits per heavy atom. The predicted molar refractivity (Wildman–Crippen MR) is 146 cm³/mol. The molecule has 224 valence electrons. The van der Waals surface area contributed by atoms with Crippen LogP contribution >= 0.6 is 0 Å². The minimum Gasteiger partial charge on any atom is -0.431 e. The molecule has 0 radical (unpaired) electrons. The number of hydrogen-bond donors (Lipinski definition) is 1. The van der Waals surface area contributed by atoms with Crippen molar-refractivity contribution in [1.29, 1.82) is 0 Å². The topological polar surface area (TPSA) is 114 Å². The van der Waals surface area contributed by atoms with E-state index in [0.717, 1.165) is 56.9 Å². The summed E-state index contributed by atoms with van der Waals surface area (Å²) in [5.41, 5.74) is 1.11. The molecule has 9 heteroatoms. The van der Waals surface area contributed by atoms with Crippen molar-refractivity contribution in [3.63, 3.8) is 0 Å². The van der Waals surface area contributed by atoms with Gasteiger partial charge in [-0.2, -0.15) is 0 Å². The lowest BCUT2D eigenvalue weighted by atomic mass is 9.45. The van der Waals surface area contributed by atoms with Crippen LogP contribution in [0, 0.1) is 22.7 Å². The number of ketones is 1. The van der Waals surface area contributed by atoms with E-state index in [1.54, 1.807) is 13.2 Å². The van der Waals surface area contributed by atoms with Gasteiger partial charge in [-0.3, -0.25) is 4.79 Å². The molecular weight excluding hydrogens is 528 g/mol. The van der Waals surface area contributed by atoms with E-state index in [0.29, 0.717) is 5.92 Å². The van der Waals surface area contributed by atoms with Crippen LogP contribution in [0.3, 0.4) is 0 Å². The van der Waals surface area contributed by atoms with E-state index in [4.69, 9.17) is 28.1 Å². The second-order valence-corrected chi connectivity index (χ2v) is 13.7. The smallest absolute Gasteiger partial charge is 0.335 e. The number of hydrogen-bond acceptors (Lipinski definition) is 9. The van der Waals surface area contributed by atoms with Gasteiger partial charge in [-0.15, -0.1) is 0 Å². The lowest BCUT2D eigenvalue weighted by Gasteiger charge is -2.62. The minimum absolute atomic E-state index is 0.00476. The third kappa shape index (κ3) is 4.10. The molecule has 41 heavy (non-hydrogen) atoms. The number of aliphatic hydroxyl groups is 1. The van der Waals surface area contributed by atoms with Crippen LogP contribution in [0.2, 0.25) is 0 Å². The SMILES string of the molecule is COC1O[C@H]2[C@H](O[C@@H]3C=C4CCC5C(CC[C@]6(C)[C@@H](c7ccc(=O)oc7)CC[C@]56O)[C@@]4(C)CC3)O[C@@H](C)C(=O)[C@H]2O1. The van der Waals surface area contributed by atoms with Gasteiger partial charge < -0.3 is 33.2 Å². The molecule has 4 aliphatic carbocycles. The Balaban J connectivity index is 1.10. The molecule has 3 unspecified atom stereocenters. The number of methoxy groups -OCH3 is 1. The summed E-state index contributed by atoms with van der Waals surface area (Å²) in [5, 5.41) is 12.5. The van der Waals surface area contributed by atoms with Crippen molar-refractivity contribution in [3.05, 3.63) is 46.0 Å². The summed E-state index contributed by atoms with van der Waals surface area (Å²) in [7, 11) is 1.48. The van der Waals surface area contributed by atoms with Crippen LogP contribution in [0.15, 0.2) is 39.3 Å². The Kier molecular flexibility index (Phi) is 6.69. The number of allylic oxidation sites excluding steroid dienone is 1. The third-order valence-electron chi connectivity index (χ3n) is 12.0. The Morgan fingerprint density at radius 3 is 2.56 bits per heavy atom. The molecule has 5 fully saturated rings. The fourth-order valence-corrected chi connectivity index (χ4v) is 9.71. The number of Topliss-reactive ketones (excluding diaryl/α,β-unsaturated/α-hetero) is 1. The predicted octanol–water partition coefficient (Wildman–Crippen LogP) is 4.21. The first-order valence-corrected chi connectivity index (χ1v) is 15.3. The maximum atomic E-state index is 12.6. The zero-order chi connectivity index (χ0) is 28.7. The molecular formula is C32H42O9. The fourth-order valence-electron chi connectivity index (χ4n) is 9.71. The Morgan fingerprint density at radius 2 is 1.80 bits per heavy atom. The van der Waals surface area contributed by atoms with Crippen molar-refractivity contribution in [2.45, 2.75) is 121 Å². The zero-order valence-electron chi connectivity index (χ0n) is 24.4. The lowest BCUT2D eigenvalue weighted by Crippen LogP contribution is -2.60. The van der Waals surface area contributed by atoms with Crippen LogP contribution in [-0.2, 0) is 28.5 Å². The van der Waals surface area contributed by atoms with E-state index in [2.05, 4.69) is 19.9 Å². The van der Waals surface area contributed by atoms with Gasteiger partial charge in [-0.05, 0) is 93.1 Å². The summed E-state index contributed by atoms with van der Waals surface area (Å²) in [4.78, 5) is 24.2. The largest absolute Gasteiger partial charge is 0.431 e. The van der Waals surface area contributed by atoms with Crippen molar-refractivity contribution in [1.82, 2.24) is 0 Å². The van der Waals surface area contributed by atoms with Gasteiger partial charge in [-0.1, -0.05) is 25.5 Å². The molecule has 3 saturated carbocycles. The van der Waals surface area contributed by atoms with Gasteiger partial charge in [0.05, 0.1) is 18.0 Å². The summed E-state index contributed by atoms with van der Waals surface area (Å²) < 4.78 is 34.3. The molecule has 6 aliphatic rings. The Labute approximate surface area is 240 Å². The van der Waals surface area contributed by atoms with Crippen molar-refractivity contribution in [3.8, 4) is 0 Å². The molecule has 3 heterocycles. The number of carbonyl (C=O) groups excluding carboxylic acids is 1. The second kappa shape index (κ2) is 9.82. The first kappa shape index (κ1) is 27.9. The molecule has 1 aromatic heterocycles. The summed E-state index contributed by atoms with van der Waals surface area (Å²) in [6.45, 7) is 5.46. The maximum absolute atomic E-state index is 12.6. The number of ether oxygens (including phenoxy) is 5. The van der Waals surface area contributed by atoms with Gasteiger partial charge in [-0.25, -0.2) is 4.79 Å². The van der Waals surface area contributed by atoms with Crippen LogP contribution < -0.4 is 5.63 Å². The first-order chi connectivity index (χ1) is 19.6. The fraction of sp³-hybridized carbons (Fsp3) is 0.750. The molecule has 1 N–H and O–H groups in total. The minimum atomic E-state index is -0.907. The van der Waals surface area contributed by atoms with Crippen LogP contribution in [0.25, 0.3) is 0 Å². The van der Waals surface area contributed by atoms with Gasteiger partial charge in [0.15, 0.2) is 18.2 Å². The second-order valence-electron chi connectivity index (χ2n) is 13.7. The van der Waals surface area contributed by atoms with Gasteiger partial charge in [0.1, 0.15) is 12.2 Å². The van der Waals surface area contributed by atoms with Gasteiger partial charge in [0, 0.05) is 18.6 Å². The highest BCUT2D eigenvalue weighted by Crippen LogP contribution is 2.70. The molecule has 7 rings (SSSR count). The van der Waals surface area contributed by atoms with Crippen molar-refractivity contribution >= 4 is 5.78 Å². The summed E-state index contributed by atoms with van der Waals surface area (Å²) in [6, 6.07) is 3.39. The lowest BCUT2D eigenvalue weighted by molar-refractivity contribution is -0.267. The van der Waals surface area contributed by atoms with E-state index in [1.807, 2.05) is 6.07 Å². The third-order valence-corrected chi connectivity index (χ3v) is 12.0. The van der Waals surface area contributed by atoms with Crippen molar-refractivity contribution in [2.75, 3.05) is 7.11 Å². The maximum Gasteiger partial charge on any atom is 0.335 e. The average Bonchev–Trinajstić information content (AvgIpc) is 3.52. The molecule has 9 nitrogen and oxygen atoms in total. The van der Waals surface area contributed by atoms with E-state index in [9.17, 15) is 14.7 Å². The Bertz CT molecular complexity index is 1270. The zero-order valence-corrected chi connectivity index (χ0v) is 24.4. The monoisotopic (exact) mass is 570 g/mol.